The third-order valence-electron chi connectivity index (χ3n) is 5.83. The van der Waals surface area contributed by atoms with Crippen LogP contribution in [-0.4, -0.2) is 47.8 Å². The van der Waals surface area contributed by atoms with Crippen LogP contribution in [0, 0.1) is 25.2 Å². The van der Waals surface area contributed by atoms with Gasteiger partial charge in [-0.25, -0.2) is 4.98 Å². The summed E-state index contributed by atoms with van der Waals surface area (Å²) in [7, 11) is 0. The fraction of sp³-hybridized carbons (Fsp3) is 0.304. The number of anilines is 1. The van der Waals surface area contributed by atoms with E-state index in [1.54, 1.807) is 0 Å². The molecule has 0 bridgehead atoms. The van der Waals surface area contributed by atoms with Gasteiger partial charge < -0.3 is 19.9 Å². The number of para-hydroxylation sites is 2. The molecule has 0 spiro atoms. The normalized spacial score (nSPS) is 16.0. The first kappa shape index (κ1) is 19.0. The zero-order valence-electron chi connectivity index (χ0n) is 16.9. The number of nitriles is 1. The van der Waals surface area contributed by atoms with Crippen LogP contribution in [0.25, 0.3) is 16.6 Å². The monoisotopic (exact) mass is 388 g/mol. The van der Waals surface area contributed by atoms with E-state index in [9.17, 15) is 10.4 Å². The second-order valence-corrected chi connectivity index (χ2v) is 7.67. The average molecular weight is 388 g/mol. The van der Waals surface area contributed by atoms with E-state index in [4.69, 9.17) is 0 Å². The van der Waals surface area contributed by atoms with Crippen LogP contribution in [0.5, 0.6) is 0 Å². The molecular weight excluding hydrogens is 362 g/mol. The van der Waals surface area contributed by atoms with Crippen LogP contribution in [0.1, 0.15) is 17.0 Å². The highest BCUT2D eigenvalue weighted by molar-refractivity contribution is 5.82. The number of hydrogen-bond acceptors (Lipinski definition) is 4. The Morgan fingerprint density at radius 3 is 2.66 bits per heavy atom. The highest BCUT2D eigenvalue weighted by Gasteiger charge is 2.24. The maximum atomic E-state index is 10.7. The first-order valence-corrected chi connectivity index (χ1v) is 9.99. The van der Waals surface area contributed by atoms with Crippen LogP contribution < -0.4 is 9.80 Å². The number of rotatable bonds is 4. The highest BCUT2D eigenvalue weighted by Crippen LogP contribution is 2.22. The summed E-state index contributed by atoms with van der Waals surface area (Å²) in [5.74, 6) is 0.529. The predicted molar refractivity (Wildman–Crippen MR) is 115 cm³/mol. The number of hydrogen-bond donors (Lipinski definition) is 3. The van der Waals surface area contributed by atoms with Gasteiger partial charge in [0.25, 0.3) is 0 Å². The fourth-order valence-corrected chi connectivity index (χ4v) is 3.97. The van der Waals surface area contributed by atoms with Gasteiger partial charge in [0, 0.05) is 5.69 Å². The summed E-state index contributed by atoms with van der Waals surface area (Å²) in [5.41, 5.74) is 5.81. The highest BCUT2D eigenvalue weighted by atomic mass is 16.3. The van der Waals surface area contributed by atoms with Gasteiger partial charge in [-0.15, -0.1) is 0 Å². The number of aliphatic hydroxyl groups excluding tert-OH is 1. The Morgan fingerprint density at radius 2 is 1.93 bits per heavy atom. The minimum atomic E-state index is 0.0988. The average Bonchev–Trinajstić information content (AvgIpc) is 3.15. The number of H-pyrrole nitrogens is 1. The molecule has 1 aromatic heterocycles. The van der Waals surface area contributed by atoms with E-state index in [1.165, 1.54) is 21.7 Å². The van der Waals surface area contributed by atoms with E-state index >= 15 is 0 Å². The predicted octanol–water partition coefficient (Wildman–Crippen LogP) is 2.38. The van der Waals surface area contributed by atoms with Crippen molar-refractivity contribution >= 4 is 22.3 Å². The zero-order valence-corrected chi connectivity index (χ0v) is 16.9. The zero-order chi connectivity index (χ0) is 20.4. The van der Waals surface area contributed by atoms with Crippen molar-refractivity contribution in [2.24, 2.45) is 0 Å². The van der Waals surface area contributed by atoms with Crippen molar-refractivity contribution in [1.82, 2.24) is 9.97 Å². The maximum Gasteiger partial charge on any atom is 0.169 e. The molecule has 0 unspecified atom stereocenters. The molecule has 6 heteroatoms. The lowest BCUT2D eigenvalue weighted by Gasteiger charge is -2.34. The fourth-order valence-electron chi connectivity index (χ4n) is 3.97. The van der Waals surface area contributed by atoms with Crippen molar-refractivity contribution in [3.05, 3.63) is 65.2 Å². The van der Waals surface area contributed by atoms with E-state index in [1.807, 2.05) is 24.3 Å². The topological polar surface area (TPSA) is 80.4 Å². The van der Waals surface area contributed by atoms with Crippen molar-refractivity contribution in [3.8, 4) is 6.07 Å². The smallest absolute Gasteiger partial charge is 0.169 e. The summed E-state index contributed by atoms with van der Waals surface area (Å²) in [5, 5.41) is 20.3. The molecule has 3 N–H and O–H groups in total. The second-order valence-electron chi connectivity index (χ2n) is 7.67. The van der Waals surface area contributed by atoms with E-state index in [-0.39, 0.29) is 11.3 Å². The van der Waals surface area contributed by atoms with Gasteiger partial charge in [-0.1, -0.05) is 24.3 Å². The van der Waals surface area contributed by atoms with E-state index in [0.29, 0.717) is 12.4 Å². The minimum Gasteiger partial charge on any atom is -0.506 e. The number of aromatic amines is 1. The second kappa shape index (κ2) is 7.98. The minimum absolute atomic E-state index is 0.0988. The van der Waals surface area contributed by atoms with E-state index < -0.39 is 0 Å². The first-order chi connectivity index (χ1) is 14.1. The Kier molecular flexibility index (Phi) is 5.24. The summed E-state index contributed by atoms with van der Waals surface area (Å²) < 4.78 is 0. The lowest BCUT2D eigenvalue weighted by Crippen LogP contribution is -3.15. The number of imidazole rings is 1. The number of nitrogens with zero attached hydrogens (tertiary/aromatic N) is 3. The molecule has 0 saturated carbocycles. The van der Waals surface area contributed by atoms with Crippen LogP contribution in [0.3, 0.4) is 0 Å². The SMILES string of the molecule is Cc1cccc(N2CC[NH+](C/C(O)=C(\C#N)c3nc4ccccc4[nH]3)CC2)c1C. The van der Waals surface area contributed by atoms with Crippen molar-refractivity contribution in [1.29, 1.82) is 5.26 Å². The molecule has 0 aliphatic carbocycles. The molecule has 3 aromatic rings. The van der Waals surface area contributed by atoms with Crippen molar-refractivity contribution in [2.45, 2.75) is 13.8 Å². The van der Waals surface area contributed by atoms with Gasteiger partial charge in [0.1, 0.15) is 18.2 Å². The molecule has 0 amide bonds. The molecule has 1 aliphatic rings. The number of aliphatic hydroxyl groups is 1. The molecule has 1 saturated heterocycles. The Bertz CT molecular complexity index is 1070. The number of quaternary nitrogens is 1. The third kappa shape index (κ3) is 3.82. The molecule has 0 radical (unpaired) electrons. The molecule has 148 valence electrons. The summed E-state index contributed by atoms with van der Waals surface area (Å²) >= 11 is 0. The first-order valence-electron chi connectivity index (χ1n) is 9.99. The lowest BCUT2D eigenvalue weighted by molar-refractivity contribution is -0.897. The summed E-state index contributed by atoms with van der Waals surface area (Å²) in [6.07, 6.45) is 0. The van der Waals surface area contributed by atoms with Gasteiger partial charge in [0.15, 0.2) is 11.6 Å². The largest absolute Gasteiger partial charge is 0.506 e. The van der Waals surface area contributed by atoms with Gasteiger partial charge in [-0.3, -0.25) is 0 Å². The van der Waals surface area contributed by atoms with E-state index in [2.05, 4.69) is 53.0 Å². The number of piperazine rings is 1. The lowest BCUT2D eigenvalue weighted by atomic mass is 10.1. The molecular formula is C23H26N5O+. The maximum absolute atomic E-state index is 10.7. The standard InChI is InChI=1S/C23H25N5O/c1-16-6-5-9-21(17(16)2)28-12-10-27(11-13-28)15-22(29)18(14-24)23-25-19-7-3-4-8-20(19)26-23/h3-9,29H,10-13,15H2,1-2H3,(H,25,26)/p+1/b22-18-. The number of allylic oxidation sites excluding steroid dienone is 1. The molecule has 1 fully saturated rings. The van der Waals surface area contributed by atoms with E-state index in [0.717, 1.165) is 37.2 Å². The number of aromatic nitrogens is 2. The van der Waals surface area contributed by atoms with Crippen molar-refractivity contribution in [3.63, 3.8) is 0 Å². The Morgan fingerprint density at radius 1 is 1.17 bits per heavy atom. The number of benzene rings is 2. The molecule has 2 heterocycles. The quantitative estimate of drug-likeness (QED) is 0.474. The van der Waals surface area contributed by atoms with Gasteiger partial charge >= 0.3 is 0 Å². The molecule has 4 rings (SSSR count). The molecule has 2 aromatic carbocycles. The Labute approximate surface area is 170 Å². The number of nitrogens with one attached hydrogen (secondary N) is 2. The summed E-state index contributed by atoms with van der Waals surface area (Å²) in [6.45, 7) is 8.43. The Balaban J connectivity index is 1.46. The molecule has 29 heavy (non-hydrogen) atoms. The molecule has 0 atom stereocenters. The number of aryl methyl sites for hydroxylation is 1. The van der Waals surface area contributed by atoms with Crippen molar-refractivity contribution < 1.29 is 10.0 Å². The van der Waals surface area contributed by atoms with Gasteiger partial charge in [0.2, 0.25) is 0 Å². The summed E-state index contributed by atoms with van der Waals surface area (Å²) in [4.78, 5) is 11.3. The van der Waals surface area contributed by atoms with Crippen LogP contribution in [0.15, 0.2) is 48.2 Å². The third-order valence-corrected chi connectivity index (χ3v) is 5.83. The van der Waals surface area contributed by atoms with Crippen LogP contribution in [0.4, 0.5) is 5.69 Å². The van der Waals surface area contributed by atoms with Crippen LogP contribution in [0.2, 0.25) is 0 Å². The summed E-state index contributed by atoms with van der Waals surface area (Å²) in [6, 6.07) is 16.2. The molecule has 1 aliphatic heterocycles. The van der Waals surface area contributed by atoms with Gasteiger partial charge in [-0.2, -0.15) is 5.26 Å². The van der Waals surface area contributed by atoms with Crippen LogP contribution in [-0.2, 0) is 0 Å². The Hall–Kier alpha value is -3.30. The molecule has 6 nitrogen and oxygen atoms in total. The van der Waals surface area contributed by atoms with Crippen LogP contribution >= 0.6 is 0 Å². The van der Waals surface area contributed by atoms with Gasteiger partial charge in [0.05, 0.1) is 37.2 Å². The van der Waals surface area contributed by atoms with Gasteiger partial charge in [-0.05, 0) is 43.2 Å². The van der Waals surface area contributed by atoms with Crippen molar-refractivity contribution in [2.75, 3.05) is 37.6 Å². The number of fused-ring (bicyclic) bond motifs is 1.